The molecule has 0 radical (unpaired) electrons. The van der Waals surface area contributed by atoms with Crippen LogP contribution in [0.1, 0.15) is 0 Å². The molecule has 0 amide bonds. The van der Waals surface area contributed by atoms with Crippen molar-refractivity contribution in [2.75, 3.05) is 0 Å². The zero-order valence-electron chi connectivity index (χ0n) is 8.57. The maximum Gasteiger partial charge on any atom is 0.167 e. The van der Waals surface area contributed by atoms with E-state index in [1.165, 1.54) is 6.07 Å². The highest BCUT2D eigenvalue weighted by atomic mass is 35.5. The van der Waals surface area contributed by atoms with Gasteiger partial charge in [0, 0.05) is 11.1 Å². The number of benzene rings is 2. The molecule has 0 fully saturated rings. The second kappa shape index (κ2) is 6.06. The predicted octanol–water partition coefficient (Wildman–Crippen LogP) is 3.72. The first-order valence-electron chi connectivity index (χ1n) is 4.57. The number of aromatic hydroxyl groups is 2. The normalized spacial score (nSPS) is 9.35. The Morgan fingerprint density at radius 1 is 0.941 bits per heavy atom. The lowest BCUT2D eigenvalue weighted by Gasteiger charge is -1.91. The molecule has 0 bridgehead atoms. The second-order valence-corrected chi connectivity index (χ2v) is 3.51. The number of rotatable bonds is 0. The molecule has 0 aliphatic rings. The van der Waals surface area contributed by atoms with Crippen LogP contribution < -0.4 is 0 Å². The summed E-state index contributed by atoms with van der Waals surface area (Å²) in [6, 6.07) is 9.03. The first-order valence-corrected chi connectivity index (χ1v) is 4.95. The molecule has 17 heavy (non-hydrogen) atoms. The minimum atomic E-state index is -0.935. The van der Waals surface area contributed by atoms with Gasteiger partial charge in [-0.25, -0.2) is 8.78 Å². The molecule has 2 rings (SSSR count). The van der Waals surface area contributed by atoms with E-state index in [1.54, 1.807) is 18.2 Å². The van der Waals surface area contributed by atoms with Crippen LogP contribution in [0.5, 0.6) is 11.5 Å². The van der Waals surface area contributed by atoms with Gasteiger partial charge in [0.15, 0.2) is 11.6 Å². The van der Waals surface area contributed by atoms with Crippen molar-refractivity contribution < 1.29 is 19.0 Å². The third-order valence-corrected chi connectivity index (χ3v) is 1.95. The van der Waals surface area contributed by atoms with E-state index in [9.17, 15) is 8.78 Å². The smallest absolute Gasteiger partial charge is 0.167 e. The molecule has 0 atom stereocenters. The van der Waals surface area contributed by atoms with Gasteiger partial charge >= 0.3 is 0 Å². The van der Waals surface area contributed by atoms with Gasteiger partial charge in [0.05, 0.1) is 0 Å². The van der Waals surface area contributed by atoms with Crippen LogP contribution in [0.15, 0.2) is 42.5 Å². The van der Waals surface area contributed by atoms with Crippen molar-refractivity contribution in [3.8, 4) is 11.5 Å². The van der Waals surface area contributed by atoms with Gasteiger partial charge in [0.25, 0.3) is 0 Å². The molecule has 0 aliphatic heterocycles. The first-order chi connectivity index (χ1) is 7.99. The van der Waals surface area contributed by atoms with E-state index in [0.29, 0.717) is 11.1 Å². The minimum Gasteiger partial charge on any atom is -0.508 e. The van der Waals surface area contributed by atoms with Gasteiger partial charge in [-0.3, -0.25) is 0 Å². The van der Waals surface area contributed by atoms with E-state index in [0.717, 1.165) is 12.1 Å². The SMILES string of the molecule is Oc1ccc(F)cc1F.Oc1cccc(Cl)c1. The van der Waals surface area contributed by atoms with Gasteiger partial charge in [-0.1, -0.05) is 17.7 Å². The summed E-state index contributed by atoms with van der Waals surface area (Å²) >= 11 is 5.48. The fourth-order valence-corrected chi connectivity index (χ4v) is 1.14. The Hall–Kier alpha value is -1.81. The van der Waals surface area contributed by atoms with Gasteiger partial charge in [-0.15, -0.1) is 0 Å². The molecular weight excluding hydrogens is 250 g/mol. The monoisotopic (exact) mass is 258 g/mol. The lowest BCUT2D eigenvalue weighted by molar-refractivity contribution is 0.428. The molecule has 0 unspecified atom stereocenters. The van der Waals surface area contributed by atoms with Crippen molar-refractivity contribution in [1.82, 2.24) is 0 Å². The average molecular weight is 259 g/mol. The van der Waals surface area contributed by atoms with Crippen molar-refractivity contribution in [3.63, 3.8) is 0 Å². The third-order valence-electron chi connectivity index (χ3n) is 1.72. The quantitative estimate of drug-likeness (QED) is 0.756. The Kier molecular flexibility index (Phi) is 4.72. The fourth-order valence-electron chi connectivity index (χ4n) is 0.957. The summed E-state index contributed by atoms with van der Waals surface area (Å²) < 4.78 is 24.1. The average Bonchev–Trinajstić information content (AvgIpc) is 2.24. The molecule has 2 aromatic carbocycles. The van der Waals surface area contributed by atoms with Gasteiger partial charge in [-0.05, 0) is 30.3 Å². The van der Waals surface area contributed by atoms with Crippen LogP contribution in [-0.4, -0.2) is 10.2 Å². The number of hydrogen-bond acceptors (Lipinski definition) is 2. The Labute approximate surface area is 102 Å². The van der Waals surface area contributed by atoms with Crippen LogP contribution in [0.4, 0.5) is 8.78 Å². The molecule has 0 aliphatic carbocycles. The molecule has 2 aromatic rings. The lowest BCUT2D eigenvalue weighted by atomic mass is 10.3. The molecule has 90 valence electrons. The van der Waals surface area contributed by atoms with E-state index < -0.39 is 17.4 Å². The molecule has 5 heteroatoms. The molecule has 0 saturated carbocycles. The maximum absolute atomic E-state index is 12.1. The fraction of sp³-hybridized carbons (Fsp3) is 0. The topological polar surface area (TPSA) is 40.5 Å². The van der Waals surface area contributed by atoms with Crippen molar-refractivity contribution in [3.05, 3.63) is 59.1 Å². The zero-order chi connectivity index (χ0) is 12.8. The van der Waals surface area contributed by atoms with E-state index in [2.05, 4.69) is 0 Å². The zero-order valence-corrected chi connectivity index (χ0v) is 9.33. The Balaban J connectivity index is 0.000000171. The number of phenols is 2. The van der Waals surface area contributed by atoms with Crippen LogP contribution in [-0.2, 0) is 0 Å². The third kappa shape index (κ3) is 4.70. The highest BCUT2D eigenvalue weighted by Gasteiger charge is 1.98. The highest BCUT2D eigenvalue weighted by Crippen LogP contribution is 2.15. The maximum atomic E-state index is 12.1. The lowest BCUT2D eigenvalue weighted by Crippen LogP contribution is -1.77. The summed E-state index contributed by atoms with van der Waals surface area (Å²) in [5.74, 6) is -1.95. The number of hydrogen-bond donors (Lipinski definition) is 2. The Morgan fingerprint density at radius 3 is 2.06 bits per heavy atom. The Morgan fingerprint density at radius 2 is 1.65 bits per heavy atom. The van der Waals surface area contributed by atoms with Gasteiger partial charge < -0.3 is 10.2 Å². The van der Waals surface area contributed by atoms with E-state index >= 15 is 0 Å². The summed E-state index contributed by atoms with van der Waals surface area (Å²) in [5, 5.41) is 17.8. The van der Waals surface area contributed by atoms with Crippen LogP contribution in [0.2, 0.25) is 5.02 Å². The summed E-state index contributed by atoms with van der Waals surface area (Å²) in [7, 11) is 0. The van der Waals surface area contributed by atoms with Gasteiger partial charge in [-0.2, -0.15) is 0 Å². The van der Waals surface area contributed by atoms with Gasteiger partial charge in [0.2, 0.25) is 0 Å². The second-order valence-electron chi connectivity index (χ2n) is 3.08. The van der Waals surface area contributed by atoms with Gasteiger partial charge in [0.1, 0.15) is 11.6 Å². The number of halogens is 3. The van der Waals surface area contributed by atoms with Crippen molar-refractivity contribution in [2.45, 2.75) is 0 Å². The van der Waals surface area contributed by atoms with Crippen molar-refractivity contribution in [2.24, 2.45) is 0 Å². The van der Waals surface area contributed by atoms with Crippen LogP contribution in [0, 0.1) is 11.6 Å². The van der Waals surface area contributed by atoms with E-state index in [-0.39, 0.29) is 5.75 Å². The largest absolute Gasteiger partial charge is 0.508 e. The number of phenolic OH excluding ortho intramolecular Hbond substituents is 2. The minimum absolute atomic E-state index is 0.206. The molecule has 0 saturated heterocycles. The molecule has 2 nitrogen and oxygen atoms in total. The molecule has 0 heterocycles. The summed E-state index contributed by atoms with van der Waals surface area (Å²) in [6.45, 7) is 0. The summed E-state index contributed by atoms with van der Waals surface area (Å²) in [5.41, 5.74) is 0. The first kappa shape index (κ1) is 13.3. The molecule has 0 aromatic heterocycles. The predicted molar refractivity (Wildman–Crippen MR) is 61.1 cm³/mol. The van der Waals surface area contributed by atoms with E-state index in [1.807, 2.05) is 0 Å². The van der Waals surface area contributed by atoms with E-state index in [4.69, 9.17) is 21.8 Å². The van der Waals surface area contributed by atoms with Crippen LogP contribution in [0.3, 0.4) is 0 Å². The van der Waals surface area contributed by atoms with Crippen LogP contribution in [0.25, 0.3) is 0 Å². The summed E-state index contributed by atoms with van der Waals surface area (Å²) in [4.78, 5) is 0. The Bertz CT molecular complexity index is 486. The van der Waals surface area contributed by atoms with Crippen LogP contribution >= 0.6 is 11.6 Å². The standard InChI is InChI=1S/C6H5ClO.C6H4F2O/c7-5-2-1-3-6(8)4-5;7-4-1-2-6(9)5(8)3-4/h1-4,8H;1-3,9H. The van der Waals surface area contributed by atoms with Crippen molar-refractivity contribution in [1.29, 1.82) is 0 Å². The molecular formula is C12H9ClF2O2. The van der Waals surface area contributed by atoms with Crippen molar-refractivity contribution >= 4 is 11.6 Å². The summed E-state index contributed by atoms with van der Waals surface area (Å²) in [6.07, 6.45) is 0. The highest BCUT2D eigenvalue weighted by molar-refractivity contribution is 6.30. The molecule has 0 spiro atoms. The molecule has 2 N–H and O–H groups in total.